The molecular weight excluding hydrogens is 380 g/mol. The topological polar surface area (TPSA) is 87.9 Å². The third-order valence-electron chi connectivity index (χ3n) is 6.24. The number of hydrogen-bond acceptors (Lipinski definition) is 3. The Morgan fingerprint density at radius 3 is 2.57 bits per heavy atom. The average molecular weight is 406 g/mol. The van der Waals surface area contributed by atoms with Crippen LogP contribution in [0.4, 0.5) is 5.69 Å². The third-order valence-corrected chi connectivity index (χ3v) is 6.24. The van der Waals surface area contributed by atoms with Gasteiger partial charge in [-0.15, -0.1) is 0 Å². The smallest absolute Gasteiger partial charge is 0.307 e. The van der Waals surface area contributed by atoms with Crippen LogP contribution in [0.15, 0.2) is 66.7 Å². The normalized spacial score (nSPS) is 23.4. The minimum Gasteiger partial charge on any atom is -0.634 e. The fraction of sp³-hybridized carbons (Fsp3) is 0.292. The number of hydrogen-bond donors (Lipinski definition) is 2. The van der Waals surface area contributed by atoms with Gasteiger partial charge in [-0.2, -0.15) is 0 Å². The zero-order valence-corrected chi connectivity index (χ0v) is 17.0. The van der Waals surface area contributed by atoms with Gasteiger partial charge in [0.15, 0.2) is 0 Å². The Morgan fingerprint density at radius 1 is 1.13 bits per heavy atom. The monoisotopic (exact) mass is 406 g/mol. The highest BCUT2D eigenvalue weighted by atomic mass is 16.6. The predicted octanol–water partition coefficient (Wildman–Crippen LogP) is 3.19. The molecule has 0 amide bonds. The summed E-state index contributed by atoms with van der Waals surface area (Å²) in [5.41, 5.74) is 2.25. The van der Waals surface area contributed by atoms with Gasteiger partial charge in [0.2, 0.25) is 0 Å². The second kappa shape index (κ2) is 8.16. The predicted molar refractivity (Wildman–Crippen MR) is 118 cm³/mol. The standard InChI is InChI=1S/C24H26N2O4/c1-17(22-8-4-6-19-5-2-3-7-23(19)22)25(29)20-13-14-26(30,16-20)21-11-9-18(10-12-21)15-24(27)28/h2-12,17,20,25H,13-16H2,1H3,(H,27,28)/t17-,20+,26?/m1/s1. The molecule has 0 aliphatic carbocycles. The minimum absolute atomic E-state index is 0.0667. The van der Waals surface area contributed by atoms with E-state index < -0.39 is 10.6 Å². The van der Waals surface area contributed by atoms with Crippen molar-refractivity contribution in [2.75, 3.05) is 13.1 Å². The molecule has 0 bridgehead atoms. The Balaban J connectivity index is 1.51. The highest BCUT2D eigenvalue weighted by molar-refractivity contribution is 5.85. The number of carboxylic acids is 1. The first-order chi connectivity index (χ1) is 14.4. The summed E-state index contributed by atoms with van der Waals surface area (Å²) in [6, 6.07) is 20.3. The van der Waals surface area contributed by atoms with Crippen LogP contribution >= 0.6 is 0 Å². The Kier molecular flexibility index (Phi) is 5.58. The van der Waals surface area contributed by atoms with E-state index >= 15 is 0 Å². The molecule has 2 N–H and O–H groups in total. The molecule has 4 atom stereocenters. The van der Waals surface area contributed by atoms with Gasteiger partial charge < -0.3 is 25.2 Å². The fourth-order valence-corrected chi connectivity index (χ4v) is 4.56. The molecule has 3 aromatic rings. The number of hydroxylamine groups is 4. The van der Waals surface area contributed by atoms with Crippen LogP contribution in [0.3, 0.4) is 0 Å². The van der Waals surface area contributed by atoms with Crippen molar-refractivity contribution in [1.82, 2.24) is 4.65 Å². The summed E-state index contributed by atoms with van der Waals surface area (Å²) >= 11 is 0. The van der Waals surface area contributed by atoms with Gasteiger partial charge in [0.25, 0.3) is 0 Å². The SMILES string of the molecule is C[C@H](c1cccc2ccccc12)[NH+]([O-])[C@H]1CC[N+]([O-])(c2ccc(CC(=O)O)cc2)C1. The minimum atomic E-state index is -0.900. The molecule has 4 rings (SSSR count). The number of nitrogens with zero attached hydrogens (tertiary/aromatic N) is 1. The Morgan fingerprint density at radius 2 is 1.83 bits per heavy atom. The zero-order valence-electron chi connectivity index (χ0n) is 17.0. The lowest BCUT2D eigenvalue weighted by molar-refractivity contribution is -0.903. The van der Waals surface area contributed by atoms with Crippen molar-refractivity contribution in [1.29, 1.82) is 0 Å². The van der Waals surface area contributed by atoms with Gasteiger partial charge in [-0.25, -0.2) is 0 Å². The van der Waals surface area contributed by atoms with Crippen molar-refractivity contribution in [2.45, 2.75) is 31.8 Å². The molecule has 6 heteroatoms. The molecule has 30 heavy (non-hydrogen) atoms. The molecule has 6 nitrogen and oxygen atoms in total. The molecule has 0 spiro atoms. The number of carboxylic acid groups (broad SMARTS) is 1. The van der Waals surface area contributed by atoms with E-state index in [2.05, 4.69) is 0 Å². The molecular formula is C24H26N2O4. The van der Waals surface area contributed by atoms with Crippen molar-refractivity contribution < 1.29 is 15.0 Å². The second-order valence-electron chi connectivity index (χ2n) is 8.21. The van der Waals surface area contributed by atoms with Crippen molar-refractivity contribution in [3.63, 3.8) is 0 Å². The van der Waals surface area contributed by atoms with E-state index in [4.69, 9.17) is 5.11 Å². The maximum atomic E-state index is 13.4. The van der Waals surface area contributed by atoms with Crippen LogP contribution in [0.2, 0.25) is 0 Å². The van der Waals surface area contributed by atoms with Crippen LogP contribution in [-0.2, 0) is 11.2 Å². The van der Waals surface area contributed by atoms with E-state index in [0.717, 1.165) is 16.3 Å². The summed E-state index contributed by atoms with van der Waals surface area (Å²) < 4.78 is -0.536. The van der Waals surface area contributed by atoms with Crippen LogP contribution in [0, 0.1) is 10.4 Å². The van der Waals surface area contributed by atoms with Crippen LogP contribution in [-0.4, -0.2) is 30.2 Å². The molecule has 2 unspecified atom stereocenters. The molecule has 0 aromatic heterocycles. The summed E-state index contributed by atoms with van der Waals surface area (Å²) in [7, 11) is 0. The molecule has 1 heterocycles. The van der Waals surface area contributed by atoms with Gasteiger partial charge >= 0.3 is 5.97 Å². The van der Waals surface area contributed by atoms with Crippen molar-refractivity contribution in [3.8, 4) is 0 Å². The van der Waals surface area contributed by atoms with E-state index in [-0.39, 0.29) is 30.1 Å². The summed E-state index contributed by atoms with van der Waals surface area (Å²) in [6.45, 7) is 2.52. The molecule has 1 fully saturated rings. The van der Waals surface area contributed by atoms with Crippen LogP contribution in [0.25, 0.3) is 10.8 Å². The molecule has 1 aliphatic rings. The lowest BCUT2D eigenvalue weighted by Gasteiger charge is -2.40. The first-order valence-electron chi connectivity index (χ1n) is 10.3. The van der Waals surface area contributed by atoms with Gasteiger partial charge in [-0.05, 0) is 35.4 Å². The largest absolute Gasteiger partial charge is 0.634 e. The Bertz CT molecular complexity index is 1050. The average Bonchev–Trinajstić information content (AvgIpc) is 3.15. The van der Waals surface area contributed by atoms with Gasteiger partial charge in [-0.1, -0.05) is 54.6 Å². The molecule has 156 valence electrons. The van der Waals surface area contributed by atoms with Gasteiger partial charge in [0.05, 0.1) is 19.4 Å². The number of aliphatic carboxylic acids is 1. The number of fused-ring (bicyclic) bond motifs is 1. The number of quaternary nitrogens is 2. The third kappa shape index (κ3) is 3.95. The van der Waals surface area contributed by atoms with Crippen molar-refractivity contribution in [3.05, 3.63) is 88.3 Å². The number of benzene rings is 3. The van der Waals surface area contributed by atoms with E-state index in [0.29, 0.717) is 24.2 Å². The quantitative estimate of drug-likeness (QED) is 0.374. The zero-order chi connectivity index (χ0) is 21.3. The van der Waals surface area contributed by atoms with Gasteiger partial charge in [-0.3, -0.25) is 4.79 Å². The maximum absolute atomic E-state index is 13.4. The van der Waals surface area contributed by atoms with Gasteiger partial charge in [0.1, 0.15) is 24.3 Å². The lowest BCUT2D eigenvalue weighted by Crippen LogP contribution is -3.11. The number of nitrogens with one attached hydrogen (secondary N) is 1. The first kappa shape index (κ1) is 20.5. The number of carbonyl (C=O) groups is 1. The second-order valence-corrected chi connectivity index (χ2v) is 8.21. The molecule has 0 saturated carbocycles. The highest BCUT2D eigenvalue weighted by Gasteiger charge is 2.39. The molecule has 1 saturated heterocycles. The van der Waals surface area contributed by atoms with Crippen molar-refractivity contribution >= 4 is 22.4 Å². The van der Waals surface area contributed by atoms with Crippen LogP contribution in [0.5, 0.6) is 0 Å². The summed E-state index contributed by atoms with van der Waals surface area (Å²) in [5.74, 6) is -0.900. The fourth-order valence-electron chi connectivity index (χ4n) is 4.56. The summed E-state index contributed by atoms with van der Waals surface area (Å²) in [6.07, 6.45) is 0.497. The lowest BCUT2D eigenvalue weighted by atomic mass is 9.99. The Hall–Kier alpha value is -2.77. The van der Waals surface area contributed by atoms with E-state index in [1.165, 1.54) is 0 Å². The van der Waals surface area contributed by atoms with E-state index in [9.17, 15) is 15.2 Å². The van der Waals surface area contributed by atoms with Crippen LogP contribution < -0.4 is 9.71 Å². The Labute approximate surface area is 175 Å². The van der Waals surface area contributed by atoms with E-state index in [1.54, 1.807) is 24.3 Å². The number of rotatable bonds is 6. The van der Waals surface area contributed by atoms with Crippen molar-refractivity contribution in [2.24, 2.45) is 0 Å². The maximum Gasteiger partial charge on any atom is 0.307 e. The highest BCUT2D eigenvalue weighted by Crippen LogP contribution is 2.29. The van der Waals surface area contributed by atoms with Crippen LogP contribution in [0.1, 0.15) is 30.5 Å². The first-order valence-corrected chi connectivity index (χ1v) is 10.3. The summed E-state index contributed by atoms with van der Waals surface area (Å²) in [5, 5.41) is 37.9. The molecule has 3 aromatic carbocycles. The van der Waals surface area contributed by atoms with E-state index in [1.807, 2.05) is 49.4 Å². The molecule has 0 radical (unpaired) electrons. The van der Waals surface area contributed by atoms with Gasteiger partial charge in [0, 0.05) is 5.56 Å². The summed E-state index contributed by atoms with van der Waals surface area (Å²) in [4.78, 5) is 10.9. The molecule has 1 aliphatic heterocycles.